The number of hydrogen-bond acceptors (Lipinski definition) is 5. The molecule has 0 fully saturated rings. The molecule has 0 radical (unpaired) electrons. The number of nitrogens with one attached hydrogen (secondary N) is 1. The van der Waals surface area contributed by atoms with Crippen LogP contribution in [-0.4, -0.2) is 34.3 Å². The Bertz CT molecular complexity index is 888. The second kappa shape index (κ2) is 4.73. The van der Waals surface area contributed by atoms with Crippen LogP contribution >= 0.6 is 0 Å². The summed E-state index contributed by atoms with van der Waals surface area (Å²) >= 11 is 0. The fraction of sp³-hybridized carbons (Fsp3) is 0.133. The molecule has 7 heteroatoms. The van der Waals surface area contributed by atoms with Crippen molar-refractivity contribution in [1.82, 2.24) is 15.2 Å². The van der Waals surface area contributed by atoms with Crippen molar-refractivity contribution in [3.05, 3.63) is 36.2 Å². The Morgan fingerprint density at radius 3 is 2.82 bits per heavy atom. The monoisotopic (exact) mass is 296 g/mol. The van der Waals surface area contributed by atoms with Gasteiger partial charge in [-0.05, 0) is 29.3 Å². The molecule has 1 aliphatic heterocycles. The molecule has 0 saturated heterocycles. The molecule has 22 heavy (non-hydrogen) atoms. The van der Waals surface area contributed by atoms with E-state index < -0.39 is 5.91 Å². The number of carbonyl (C=O) groups is 1. The highest BCUT2D eigenvalue weighted by atomic mass is 16.6. The van der Waals surface area contributed by atoms with Crippen LogP contribution < -0.4 is 15.2 Å². The third-order valence-corrected chi connectivity index (χ3v) is 3.53. The number of aromatic amines is 1. The lowest BCUT2D eigenvalue weighted by Gasteiger charge is -2.19. The van der Waals surface area contributed by atoms with Gasteiger partial charge in [0, 0.05) is 5.39 Å². The first-order chi connectivity index (χ1) is 10.7. The molecule has 2 aromatic heterocycles. The zero-order valence-electron chi connectivity index (χ0n) is 11.5. The van der Waals surface area contributed by atoms with Gasteiger partial charge in [-0.25, -0.2) is 4.98 Å². The summed E-state index contributed by atoms with van der Waals surface area (Å²) in [5.41, 5.74) is 7.73. The van der Waals surface area contributed by atoms with Gasteiger partial charge in [-0.2, -0.15) is 5.10 Å². The van der Waals surface area contributed by atoms with E-state index in [9.17, 15) is 4.79 Å². The van der Waals surface area contributed by atoms with E-state index in [-0.39, 0.29) is 5.69 Å². The van der Waals surface area contributed by atoms with E-state index >= 15 is 0 Å². The van der Waals surface area contributed by atoms with Gasteiger partial charge in [0.15, 0.2) is 17.1 Å². The van der Waals surface area contributed by atoms with E-state index in [2.05, 4.69) is 15.2 Å². The van der Waals surface area contributed by atoms with Crippen molar-refractivity contribution in [2.24, 2.45) is 5.73 Å². The van der Waals surface area contributed by atoms with Gasteiger partial charge in [0.2, 0.25) is 0 Å². The number of primary amides is 1. The van der Waals surface area contributed by atoms with E-state index in [1.807, 2.05) is 18.2 Å². The molecule has 0 bridgehead atoms. The maximum atomic E-state index is 11.5. The fourth-order valence-corrected chi connectivity index (χ4v) is 2.50. The first-order valence-corrected chi connectivity index (χ1v) is 6.76. The first kappa shape index (κ1) is 12.6. The third kappa shape index (κ3) is 1.95. The van der Waals surface area contributed by atoms with Crippen molar-refractivity contribution < 1.29 is 14.3 Å². The molecule has 0 atom stereocenters. The number of H-pyrrole nitrogens is 1. The Hall–Kier alpha value is -3.09. The maximum absolute atomic E-state index is 11.5. The topological polar surface area (TPSA) is 103 Å². The quantitative estimate of drug-likeness (QED) is 0.745. The van der Waals surface area contributed by atoms with Crippen LogP contribution in [0.1, 0.15) is 10.5 Å². The number of benzene rings is 1. The number of amides is 1. The average Bonchev–Trinajstić information content (AvgIpc) is 3.02. The number of hydrogen-bond donors (Lipinski definition) is 2. The van der Waals surface area contributed by atoms with E-state index in [1.165, 1.54) is 0 Å². The minimum atomic E-state index is -0.588. The molecule has 4 rings (SSSR count). The largest absolute Gasteiger partial charge is 0.486 e. The number of aromatic nitrogens is 3. The molecular formula is C15H12N4O3. The van der Waals surface area contributed by atoms with Gasteiger partial charge in [0.25, 0.3) is 5.91 Å². The van der Waals surface area contributed by atoms with Crippen LogP contribution in [0.4, 0.5) is 0 Å². The molecule has 0 spiro atoms. The van der Waals surface area contributed by atoms with Crippen molar-refractivity contribution in [3.8, 4) is 22.6 Å². The van der Waals surface area contributed by atoms with Gasteiger partial charge in [-0.1, -0.05) is 6.07 Å². The molecule has 3 aromatic rings. The molecule has 110 valence electrons. The Morgan fingerprint density at radius 1 is 1.18 bits per heavy atom. The van der Waals surface area contributed by atoms with Crippen LogP contribution in [-0.2, 0) is 0 Å². The fourth-order valence-electron chi connectivity index (χ4n) is 2.50. The average molecular weight is 296 g/mol. The SMILES string of the molecule is NC(=O)c1cc(-c2ccc3c(c2)OCCO3)c2cn[nH]c2n1. The molecule has 0 unspecified atom stereocenters. The Kier molecular flexibility index (Phi) is 2.72. The summed E-state index contributed by atoms with van der Waals surface area (Å²) in [6, 6.07) is 7.28. The van der Waals surface area contributed by atoms with Gasteiger partial charge in [0.1, 0.15) is 18.9 Å². The summed E-state index contributed by atoms with van der Waals surface area (Å²) in [7, 11) is 0. The highest BCUT2D eigenvalue weighted by Gasteiger charge is 2.16. The van der Waals surface area contributed by atoms with Gasteiger partial charge in [-0.15, -0.1) is 0 Å². The number of nitrogens with two attached hydrogens (primary N) is 1. The van der Waals surface area contributed by atoms with Crippen LogP contribution in [0.2, 0.25) is 0 Å². The van der Waals surface area contributed by atoms with Crippen LogP contribution in [0.15, 0.2) is 30.5 Å². The normalized spacial score (nSPS) is 13.3. The summed E-state index contributed by atoms with van der Waals surface area (Å²) in [5, 5.41) is 7.55. The second-order valence-corrected chi connectivity index (χ2v) is 4.91. The van der Waals surface area contributed by atoms with Crippen molar-refractivity contribution in [1.29, 1.82) is 0 Å². The smallest absolute Gasteiger partial charge is 0.267 e. The molecule has 0 saturated carbocycles. The van der Waals surface area contributed by atoms with Gasteiger partial charge >= 0.3 is 0 Å². The van der Waals surface area contributed by atoms with Crippen LogP contribution in [0.25, 0.3) is 22.2 Å². The number of fused-ring (bicyclic) bond motifs is 2. The van der Waals surface area contributed by atoms with Crippen LogP contribution in [0.3, 0.4) is 0 Å². The molecule has 3 heterocycles. The van der Waals surface area contributed by atoms with E-state index in [0.29, 0.717) is 30.4 Å². The zero-order chi connectivity index (χ0) is 15.1. The predicted octanol–water partition coefficient (Wildman–Crippen LogP) is 1.49. The van der Waals surface area contributed by atoms with Crippen LogP contribution in [0.5, 0.6) is 11.5 Å². The molecule has 1 amide bonds. The second-order valence-electron chi connectivity index (χ2n) is 4.91. The molecule has 1 aliphatic rings. The molecule has 3 N–H and O–H groups in total. The van der Waals surface area contributed by atoms with E-state index in [0.717, 1.165) is 16.5 Å². The highest BCUT2D eigenvalue weighted by molar-refractivity contribution is 5.99. The third-order valence-electron chi connectivity index (χ3n) is 3.53. The minimum Gasteiger partial charge on any atom is -0.486 e. The van der Waals surface area contributed by atoms with E-state index in [1.54, 1.807) is 12.3 Å². The lowest BCUT2D eigenvalue weighted by atomic mass is 10.0. The zero-order valence-corrected chi connectivity index (χ0v) is 11.5. The summed E-state index contributed by atoms with van der Waals surface area (Å²) in [4.78, 5) is 15.6. The van der Waals surface area contributed by atoms with E-state index in [4.69, 9.17) is 15.2 Å². The first-order valence-electron chi connectivity index (χ1n) is 6.76. The number of pyridine rings is 1. The van der Waals surface area contributed by atoms with Gasteiger partial charge < -0.3 is 15.2 Å². The lowest BCUT2D eigenvalue weighted by Crippen LogP contribution is -2.15. The number of nitrogens with zero attached hydrogens (tertiary/aromatic N) is 2. The summed E-state index contributed by atoms with van der Waals surface area (Å²) in [5.74, 6) is 0.802. The van der Waals surface area contributed by atoms with Gasteiger partial charge in [-0.3, -0.25) is 9.89 Å². The Morgan fingerprint density at radius 2 is 2.00 bits per heavy atom. The van der Waals surface area contributed by atoms with Crippen molar-refractivity contribution in [2.75, 3.05) is 13.2 Å². The van der Waals surface area contributed by atoms with Crippen molar-refractivity contribution in [3.63, 3.8) is 0 Å². The highest BCUT2D eigenvalue weighted by Crippen LogP contribution is 2.36. The Labute approximate surface area is 125 Å². The maximum Gasteiger partial charge on any atom is 0.267 e. The number of ether oxygens (including phenoxy) is 2. The molecule has 7 nitrogen and oxygen atoms in total. The Balaban J connectivity index is 1.93. The summed E-state index contributed by atoms with van der Waals surface area (Å²) < 4.78 is 11.1. The lowest BCUT2D eigenvalue weighted by molar-refractivity contribution is 0.0996. The number of rotatable bonds is 2. The van der Waals surface area contributed by atoms with Crippen molar-refractivity contribution in [2.45, 2.75) is 0 Å². The number of carbonyl (C=O) groups excluding carboxylic acids is 1. The minimum absolute atomic E-state index is 0.182. The van der Waals surface area contributed by atoms with Crippen molar-refractivity contribution >= 4 is 16.9 Å². The summed E-state index contributed by atoms with van der Waals surface area (Å²) in [6.45, 7) is 1.06. The summed E-state index contributed by atoms with van der Waals surface area (Å²) in [6.07, 6.45) is 1.67. The molecule has 0 aliphatic carbocycles. The van der Waals surface area contributed by atoms with Crippen LogP contribution in [0, 0.1) is 0 Å². The molecule has 1 aromatic carbocycles. The standard InChI is InChI=1S/C15H12N4O3/c16-14(20)11-6-9(10-7-17-19-15(10)18-11)8-1-2-12-13(5-8)22-4-3-21-12/h1-2,5-7H,3-4H2,(H2,16,20)(H,17,18,19). The van der Waals surface area contributed by atoms with Gasteiger partial charge in [0.05, 0.1) is 6.20 Å². The molecular weight excluding hydrogens is 284 g/mol. The predicted molar refractivity (Wildman–Crippen MR) is 78.8 cm³/mol.